The molecule has 32 heavy (non-hydrogen) atoms. The van der Waals surface area contributed by atoms with E-state index in [1.54, 1.807) is 0 Å². The molecule has 0 rings (SSSR count). The summed E-state index contributed by atoms with van der Waals surface area (Å²) in [4.78, 5) is 0. The minimum absolute atomic E-state index is 0. The molecule has 0 aliphatic carbocycles. The smallest absolute Gasteiger partial charge is 0.870 e. The van der Waals surface area contributed by atoms with E-state index in [0.717, 1.165) is 0 Å². The Kier molecular flexibility index (Phi) is 78.7. The van der Waals surface area contributed by atoms with E-state index in [-0.39, 0.29) is 97.8 Å². The molecular formula is H2Cr5O22S5+3. The molecule has 0 fully saturated rings. The molecule has 0 saturated heterocycles. The second kappa shape index (κ2) is 32.9. The fraction of sp³-hybridized carbons (Fsp3) is 0. The summed E-state index contributed by atoms with van der Waals surface area (Å²) in [5.74, 6) is 0. The van der Waals surface area contributed by atoms with Crippen LogP contribution in [-0.4, -0.2) is 98.6 Å². The molecule has 0 aliphatic rings. The van der Waals surface area contributed by atoms with Crippen LogP contribution in [0.15, 0.2) is 0 Å². The summed E-state index contributed by atoms with van der Waals surface area (Å²) >= 11 is 0. The summed E-state index contributed by atoms with van der Waals surface area (Å²) < 4.78 is 170. The molecule has 0 spiro atoms. The van der Waals surface area contributed by atoms with Gasteiger partial charge in [-0.2, -0.15) is 0 Å². The van der Waals surface area contributed by atoms with Crippen molar-refractivity contribution in [3.8, 4) is 0 Å². The average Bonchev–Trinajstić information content (AvgIpc) is 1.79. The second-order valence-corrected chi connectivity index (χ2v) is 6.12. The van der Waals surface area contributed by atoms with E-state index in [9.17, 15) is 0 Å². The van der Waals surface area contributed by atoms with Crippen LogP contribution in [0.25, 0.3) is 0 Å². The molecular weight excluding hydrogens is 772 g/mol. The van der Waals surface area contributed by atoms with Gasteiger partial charge in [0.15, 0.2) is 0 Å². The van der Waals surface area contributed by atoms with E-state index in [2.05, 4.69) is 0 Å². The minimum Gasteiger partial charge on any atom is -0.870 e. The Hall–Kier alpha value is 1.93. The van der Waals surface area contributed by atoms with Gasteiger partial charge in [-0.25, -0.2) is 0 Å². The first-order valence-electron chi connectivity index (χ1n) is 3.33. The van der Waals surface area contributed by atoms with Gasteiger partial charge in [-0.3, -0.25) is 42.1 Å². The van der Waals surface area contributed by atoms with Crippen molar-refractivity contribution in [2.75, 3.05) is 0 Å². The maximum Gasteiger partial charge on any atom is 3.00 e. The Morgan fingerprint density at radius 2 is 0.250 bits per heavy atom. The topological polar surface area (TPSA) is 461 Å². The monoisotopic (exact) mass is 773 g/mol. The van der Waals surface area contributed by atoms with E-state index in [4.69, 9.17) is 87.6 Å². The third-order valence-corrected chi connectivity index (χ3v) is 0. The van der Waals surface area contributed by atoms with Crippen LogP contribution in [0.5, 0.6) is 0 Å². The normalized spacial score (nSPS) is 9.06. The van der Waals surface area contributed by atoms with E-state index in [0.29, 0.717) is 0 Å². The molecule has 32 heteroatoms. The summed E-state index contributed by atoms with van der Waals surface area (Å²) in [6.07, 6.45) is 0. The molecule has 0 aromatic carbocycles. The minimum atomic E-state index is -5.17. The zero-order valence-corrected chi connectivity index (χ0v) is 23.6. The van der Waals surface area contributed by atoms with Gasteiger partial charge >= 0.3 is 86.8 Å². The fourth-order valence-electron chi connectivity index (χ4n) is 0. The molecule has 5 radical (unpaired) electrons. The van der Waals surface area contributed by atoms with Crippen molar-refractivity contribution >= 4 is 52.0 Å². The molecule has 0 aromatic rings. The summed E-state index contributed by atoms with van der Waals surface area (Å²) in [7, 11) is -25.8. The second-order valence-electron chi connectivity index (χ2n) is 2.04. The van der Waals surface area contributed by atoms with Gasteiger partial charge in [0.25, 0.3) is 0 Å². The van der Waals surface area contributed by atoms with Crippen LogP contribution in [0.1, 0.15) is 0 Å². The first kappa shape index (κ1) is 76.5. The molecule has 0 saturated carbocycles. The maximum absolute atomic E-state index is 8.52. The molecule has 0 atom stereocenters. The Morgan fingerprint density at radius 3 is 0.250 bits per heavy atom. The van der Waals surface area contributed by atoms with Crippen LogP contribution in [0.3, 0.4) is 0 Å². The van der Waals surface area contributed by atoms with Gasteiger partial charge < -0.3 is 56.5 Å². The van der Waals surface area contributed by atoms with E-state index in [1.807, 2.05) is 0 Å². The van der Waals surface area contributed by atoms with Gasteiger partial charge in [-0.1, -0.05) is 0 Å². The number of hydrogen-bond acceptors (Lipinski definition) is 22. The van der Waals surface area contributed by atoms with Crippen molar-refractivity contribution in [2.24, 2.45) is 0 Å². The molecule has 0 amide bonds. The van der Waals surface area contributed by atoms with Gasteiger partial charge in [0.1, 0.15) is 0 Å². The van der Waals surface area contributed by atoms with Crippen molar-refractivity contribution in [1.29, 1.82) is 0 Å². The van der Waals surface area contributed by atoms with Gasteiger partial charge in [-0.15, -0.1) is 0 Å². The molecule has 0 bridgehead atoms. The average molecular weight is 774 g/mol. The summed E-state index contributed by atoms with van der Waals surface area (Å²) in [6.45, 7) is 0. The third-order valence-electron chi connectivity index (χ3n) is 0. The summed E-state index contributed by atoms with van der Waals surface area (Å²) in [6, 6.07) is 0. The van der Waals surface area contributed by atoms with Crippen LogP contribution in [0, 0.1) is 0 Å². The zero-order chi connectivity index (χ0) is 22.5. The summed E-state index contributed by atoms with van der Waals surface area (Å²) in [5.41, 5.74) is 0. The van der Waals surface area contributed by atoms with Crippen molar-refractivity contribution in [1.82, 2.24) is 0 Å². The van der Waals surface area contributed by atoms with Gasteiger partial charge in [0.05, 0.1) is 0 Å². The first-order chi connectivity index (χ1) is 10.0. The van der Waals surface area contributed by atoms with Crippen LogP contribution >= 0.6 is 0 Å². The van der Waals surface area contributed by atoms with Gasteiger partial charge in [-0.05, 0) is 0 Å². The van der Waals surface area contributed by atoms with Crippen LogP contribution < -0.4 is 0 Å². The fourth-order valence-corrected chi connectivity index (χ4v) is 0. The van der Waals surface area contributed by atoms with Crippen molar-refractivity contribution in [3.05, 3.63) is 0 Å². The predicted molar refractivity (Wildman–Crippen MR) is 56.2 cm³/mol. The zero-order valence-electron chi connectivity index (χ0n) is 13.1. The van der Waals surface area contributed by atoms with Crippen molar-refractivity contribution in [3.63, 3.8) is 0 Å². The van der Waals surface area contributed by atoms with Crippen molar-refractivity contribution < 1.29 is 185 Å². The number of rotatable bonds is 0. The van der Waals surface area contributed by atoms with Crippen molar-refractivity contribution in [2.45, 2.75) is 0 Å². The number of hydrogen-bond donors (Lipinski definition) is 0. The predicted octanol–water partition coefficient (Wildman–Crippen LogP) is -7.06. The quantitative estimate of drug-likeness (QED) is 0.163. The van der Waals surface area contributed by atoms with Crippen LogP contribution in [0.2, 0.25) is 0 Å². The molecule has 0 aromatic heterocycles. The molecule has 22 nitrogen and oxygen atoms in total. The SMILES string of the molecule is O=S(=O)([O-])[O-].O=S(=O)([O-])[O-].O=S(=O)([O-])[O-].O=S(=O)([O-])[O-].O=S(=O)([O-])[O-].[Cr+3].[Cr+3].[Cr+3].[Cr+3].[Cr+3].[OH-].[OH-]. The van der Waals surface area contributed by atoms with Crippen LogP contribution in [-0.2, 0) is 139 Å². The summed E-state index contributed by atoms with van der Waals surface area (Å²) in [5, 5.41) is 0. The van der Waals surface area contributed by atoms with E-state index < -0.39 is 52.0 Å². The Morgan fingerprint density at radius 1 is 0.250 bits per heavy atom. The Labute approximate surface area is 235 Å². The Balaban J connectivity index is -0.0000000148. The van der Waals surface area contributed by atoms with E-state index >= 15 is 0 Å². The first-order valence-corrected chi connectivity index (χ1v) is 10.0. The van der Waals surface area contributed by atoms with Crippen LogP contribution in [0.4, 0.5) is 0 Å². The molecule has 0 heterocycles. The van der Waals surface area contributed by atoms with Gasteiger partial charge in [0, 0.05) is 52.0 Å². The molecule has 0 aliphatic heterocycles. The molecule has 191 valence electrons. The molecule has 2 N–H and O–H groups in total. The maximum atomic E-state index is 8.52. The Bertz CT molecular complexity index is 629. The van der Waals surface area contributed by atoms with E-state index in [1.165, 1.54) is 0 Å². The third kappa shape index (κ3) is 8180. The standard InChI is InChI=1S/5Cr.5H2O4S.2H2O/c;;;;;5*1-5(2,3)4;;/h;;;;;5*(H2,1,2,3,4);2*1H2/q5*+3;;;;;;;/p-12. The van der Waals surface area contributed by atoms with Gasteiger partial charge in [0.2, 0.25) is 0 Å². The molecule has 0 unspecified atom stereocenters. The largest absolute Gasteiger partial charge is 3.00 e.